The van der Waals surface area contributed by atoms with E-state index in [1.807, 2.05) is 30.3 Å². The van der Waals surface area contributed by atoms with Gasteiger partial charge < -0.3 is 14.2 Å². The molecule has 1 amide bonds. The lowest BCUT2D eigenvalue weighted by atomic mass is 10.1. The number of hydrogen-bond donors (Lipinski definition) is 0. The standard InChI is InChI=1S/C22H20ClNO5S2/c1-27-18-11-15(5-8-17(18)29-13-14-3-6-16(23)7-4-14)12-19-21(26)24(22(30)31-19)10-9-20(25)28-2/h3-8,11-12H,9-10,13H2,1-2H3/b19-12-. The number of methoxy groups -OCH3 is 2. The third-order valence-electron chi connectivity index (χ3n) is 4.43. The summed E-state index contributed by atoms with van der Waals surface area (Å²) in [5.41, 5.74) is 1.75. The second kappa shape index (κ2) is 10.7. The molecule has 0 unspecified atom stereocenters. The van der Waals surface area contributed by atoms with Gasteiger partial charge in [0.25, 0.3) is 5.91 Å². The average Bonchev–Trinajstić information content (AvgIpc) is 3.04. The predicted molar refractivity (Wildman–Crippen MR) is 125 cm³/mol. The first-order chi connectivity index (χ1) is 14.9. The fraction of sp³-hybridized carbons (Fsp3) is 0.227. The van der Waals surface area contributed by atoms with Crippen LogP contribution in [0, 0.1) is 0 Å². The highest BCUT2D eigenvalue weighted by Crippen LogP contribution is 2.35. The summed E-state index contributed by atoms with van der Waals surface area (Å²) in [6.45, 7) is 0.557. The Bertz CT molecular complexity index is 1020. The van der Waals surface area contributed by atoms with E-state index in [1.165, 1.54) is 23.8 Å². The van der Waals surface area contributed by atoms with Crippen molar-refractivity contribution < 1.29 is 23.8 Å². The molecule has 1 fully saturated rings. The topological polar surface area (TPSA) is 65.1 Å². The minimum absolute atomic E-state index is 0.0870. The molecule has 0 N–H and O–H groups in total. The van der Waals surface area contributed by atoms with Gasteiger partial charge in [-0.15, -0.1) is 0 Å². The summed E-state index contributed by atoms with van der Waals surface area (Å²) in [4.78, 5) is 25.9. The third kappa shape index (κ3) is 6.00. The number of carbonyl (C=O) groups excluding carboxylic acids is 2. The van der Waals surface area contributed by atoms with Crippen molar-refractivity contribution in [3.05, 3.63) is 63.5 Å². The van der Waals surface area contributed by atoms with Crippen LogP contribution in [0.1, 0.15) is 17.5 Å². The zero-order chi connectivity index (χ0) is 22.4. The summed E-state index contributed by atoms with van der Waals surface area (Å²) in [5, 5.41) is 0.668. The highest BCUT2D eigenvalue weighted by atomic mass is 35.5. The van der Waals surface area contributed by atoms with Gasteiger partial charge >= 0.3 is 5.97 Å². The van der Waals surface area contributed by atoms with Crippen LogP contribution in [0.4, 0.5) is 0 Å². The second-order valence-corrected chi connectivity index (χ2v) is 8.60. The summed E-state index contributed by atoms with van der Waals surface area (Å²) in [7, 11) is 2.86. The van der Waals surface area contributed by atoms with Crippen molar-refractivity contribution in [1.29, 1.82) is 0 Å². The Balaban J connectivity index is 1.70. The molecule has 9 heteroatoms. The van der Waals surface area contributed by atoms with Crippen LogP contribution < -0.4 is 9.47 Å². The number of halogens is 1. The maximum absolute atomic E-state index is 12.7. The summed E-state index contributed by atoms with van der Waals surface area (Å²) in [5.74, 6) is 0.502. The van der Waals surface area contributed by atoms with Crippen LogP contribution in [-0.2, 0) is 20.9 Å². The SMILES string of the molecule is COC(=O)CCN1C(=O)/C(=C/c2ccc(OCc3ccc(Cl)cc3)c(OC)c2)SC1=S. The molecule has 0 atom stereocenters. The zero-order valence-electron chi connectivity index (χ0n) is 16.9. The monoisotopic (exact) mass is 477 g/mol. The van der Waals surface area contributed by atoms with E-state index in [9.17, 15) is 9.59 Å². The van der Waals surface area contributed by atoms with Crippen molar-refractivity contribution in [2.24, 2.45) is 0 Å². The van der Waals surface area contributed by atoms with Crippen molar-refractivity contribution in [2.75, 3.05) is 20.8 Å². The molecular weight excluding hydrogens is 458 g/mol. The molecule has 3 rings (SSSR count). The molecule has 1 saturated heterocycles. The number of rotatable bonds is 8. The van der Waals surface area contributed by atoms with Crippen molar-refractivity contribution in [3.63, 3.8) is 0 Å². The number of amides is 1. The number of esters is 1. The average molecular weight is 478 g/mol. The third-order valence-corrected chi connectivity index (χ3v) is 6.06. The summed E-state index contributed by atoms with van der Waals surface area (Å²) >= 11 is 12.4. The van der Waals surface area contributed by atoms with Crippen LogP contribution in [-0.4, -0.2) is 41.9 Å². The molecule has 0 aliphatic carbocycles. The summed E-state index contributed by atoms with van der Waals surface area (Å²) in [6.07, 6.45) is 1.83. The second-order valence-electron chi connectivity index (χ2n) is 6.48. The number of thioether (sulfide) groups is 1. The smallest absolute Gasteiger partial charge is 0.307 e. The quantitative estimate of drug-likeness (QED) is 0.310. The lowest BCUT2D eigenvalue weighted by Crippen LogP contribution is -2.30. The highest BCUT2D eigenvalue weighted by molar-refractivity contribution is 8.26. The number of ether oxygens (including phenoxy) is 3. The van der Waals surface area contributed by atoms with E-state index in [2.05, 4.69) is 4.74 Å². The number of thiocarbonyl (C=S) groups is 1. The van der Waals surface area contributed by atoms with Crippen LogP contribution in [0.15, 0.2) is 47.4 Å². The molecule has 0 saturated carbocycles. The van der Waals surface area contributed by atoms with Crippen molar-refractivity contribution in [2.45, 2.75) is 13.0 Å². The van der Waals surface area contributed by atoms with Crippen LogP contribution in [0.3, 0.4) is 0 Å². The first-order valence-corrected chi connectivity index (χ1v) is 10.9. The Hall–Kier alpha value is -2.55. The zero-order valence-corrected chi connectivity index (χ0v) is 19.3. The normalized spacial score (nSPS) is 14.8. The van der Waals surface area contributed by atoms with Gasteiger partial charge in [-0.05, 0) is 41.5 Å². The van der Waals surface area contributed by atoms with Gasteiger partial charge in [0.1, 0.15) is 10.9 Å². The van der Waals surface area contributed by atoms with Crippen LogP contribution in [0.5, 0.6) is 11.5 Å². The Morgan fingerprint density at radius 2 is 1.90 bits per heavy atom. The number of carbonyl (C=O) groups is 2. The minimum Gasteiger partial charge on any atom is -0.493 e. The molecule has 0 spiro atoms. The first-order valence-electron chi connectivity index (χ1n) is 9.28. The number of hydrogen-bond acceptors (Lipinski definition) is 7. The van der Waals surface area contributed by atoms with E-state index in [1.54, 1.807) is 25.3 Å². The van der Waals surface area contributed by atoms with Gasteiger partial charge in [0.15, 0.2) is 11.5 Å². The fourth-order valence-corrected chi connectivity index (χ4v) is 4.22. The molecule has 1 heterocycles. The molecule has 0 radical (unpaired) electrons. The van der Waals surface area contributed by atoms with Crippen molar-refractivity contribution in [1.82, 2.24) is 4.90 Å². The van der Waals surface area contributed by atoms with Crippen LogP contribution >= 0.6 is 35.6 Å². The summed E-state index contributed by atoms with van der Waals surface area (Å²) < 4.78 is 16.3. The molecule has 1 aliphatic rings. The maximum atomic E-state index is 12.7. The Morgan fingerprint density at radius 1 is 1.16 bits per heavy atom. The van der Waals surface area contributed by atoms with Crippen LogP contribution in [0.2, 0.25) is 5.02 Å². The molecule has 2 aromatic rings. The van der Waals surface area contributed by atoms with E-state index < -0.39 is 5.97 Å². The Morgan fingerprint density at radius 3 is 2.58 bits per heavy atom. The highest BCUT2D eigenvalue weighted by Gasteiger charge is 2.32. The molecule has 162 valence electrons. The van der Waals surface area contributed by atoms with Gasteiger partial charge in [0, 0.05) is 11.6 Å². The number of benzene rings is 2. The van der Waals surface area contributed by atoms with Gasteiger partial charge in [-0.1, -0.05) is 53.8 Å². The van der Waals surface area contributed by atoms with E-state index in [0.29, 0.717) is 32.4 Å². The molecule has 0 aromatic heterocycles. The minimum atomic E-state index is -0.392. The molecule has 0 bridgehead atoms. The van der Waals surface area contributed by atoms with Crippen LogP contribution in [0.25, 0.3) is 6.08 Å². The van der Waals surface area contributed by atoms with Crippen molar-refractivity contribution in [3.8, 4) is 11.5 Å². The van der Waals surface area contributed by atoms with Gasteiger partial charge in [-0.3, -0.25) is 14.5 Å². The predicted octanol–water partition coefficient (Wildman–Crippen LogP) is 4.69. The van der Waals surface area contributed by atoms with Gasteiger partial charge in [0.2, 0.25) is 0 Å². The van der Waals surface area contributed by atoms with E-state index >= 15 is 0 Å². The van der Waals surface area contributed by atoms with Gasteiger partial charge in [0.05, 0.1) is 25.5 Å². The molecule has 31 heavy (non-hydrogen) atoms. The first kappa shape index (κ1) is 23.1. The summed E-state index contributed by atoms with van der Waals surface area (Å²) in [6, 6.07) is 12.8. The van der Waals surface area contributed by atoms with Gasteiger partial charge in [-0.2, -0.15) is 0 Å². The molecule has 6 nitrogen and oxygen atoms in total. The molecule has 1 aliphatic heterocycles. The lowest BCUT2D eigenvalue weighted by molar-refractivity contribution is -0.140. The molecule has 2 aromatic carbocycles. The Labute approximate surface area is 195 Å². The van der Waals surface area contributed by atoms with E-state index in [0.717, 1.165) is 11.1 Å². The van der Waals surface area contributed by atoms with E-state index in [-0.39, 0.29) is 18.9 Å². The van der Waals surface area contributed by atoms with Crippen molar-refractivity contribution >= 4 is 57.9 Å². The largest absolute Gasteiger partial charge is 0.493 e. The Kier molecular flexibility index (Phi) is 7.95. The van der Waals surface area contributed by atoms with E-state index in [4.69, 9.17) is 33.3 Å². The lowest BCUT2D eigenvalue weighted by Gasteiger charge is -2.13. The fourth-order valence-electron chi connectivity index (χ4n) is 2.78. The molecular formula is C22H20ClNO5S2. The van der Waals surface area contributed by atoms with Gasteiger partial charge in [-0.25, -0.2) is 0 Å². The number of nitrogens with zero attached hydrogens (tertiary/aromatic N) is 1. The maximum Gasteiger partial charge on any atom is 0.307 e.